The van der Waals surface area contributed by atoms with E-state index in [4.69, 9.17) is 9.73 Å². The molecule has 2 aliphatic rings. The van der Waals surface area contributed by atoms with Gasteiger partial charge in [-0.1, -0.05) is 66.2 Å². The zero-order valence-electron chi connectivity index (χ0n) is 15.7. The number of fused-ring (bicyclic) bond motifs is 1. The third-order valence-electron chi connectivity index (χ3n) is 5.87. The lowest BCUT2D eigenvalue weighted by molar-refractivity contribution is 0.0396. The molecular weight excluding hydrogens is 344 g/mol. The summed E-state index contributed by atoms with van der Waals surface area (Å²) in [5.74, 6) is 0.573. The lowest BCUT2D eigenvalue weighted by Gasteiger charge is -2.42. The fourth-order valence-corrected chi connectivity index (χ4v) is 4.21. The molecule has 0 aromatic heterocycles. The normalized spacial score (nSPS) is 21.6. The number of para-hydroxylation sites is 1. The summed E-state index contributed by atoms with van der Waals surface area (Å²) in [6, 6.07) is 29.0. The Morgan fingerprint density at radius 2 is 1.57 bits per heavy atom. The van der Waals surface area contributed by atoms with Gasteiger partial charge in [0.25, 0.3) is 0 Å². The monoisotopic (exact) mass is 364 g/mol. The molecule has 0 saturated heterocycles. The van der Waals surface area contributed by atoms with Crippen LogP contribution < -0.4 is 0 Å². The van der Waals surface area contributed by atoms with Crippen LogP contribution in [0.15, 0.2) is 83.9 Å². The van der Waals surface area contributed by atoms with E-state index in [1.54, 1.807) is 0 Å². The standard InChI is InChI=1S/C25H20N2O/c1-18-11-13-19(14-12-18)23-27-22-10-6-5-9-21(22)25(28-23,24(17-26)15-16-24)20-7-3-2-4-8-20/h2-14H,15-16H2,1H3. The largest absolute Gasteiger partial charge is 0.459 e. The number of aliphatic imine (C=N–C) groups is 1. The number of hydrogen-bond acceptors (Lipinski definition) is 3. The summed E-state index contributed by atoms with van der Waals surface area (Å²) >= 11 is 0. The van der Waals surface area contributed by atoms with E-state index in [0.717, 1.165) is 35.2 Å². The molecule has 3 heteroatoms. The fraction of sp³-hybridized carbons (Fsp3) is 0.200. The average Bonchev–Trinajstić information content (AvgIpc) is 3.56. The van der Waals surface area contributed by atoms with Gasteiger partial charge in [-0.25, -0.2) is 4.99 Å². The van der Waals surface area contributed by atoms with Crippen molar-refractivity contribution in [3.63, 3.8) is 0 Å². The number of hydrogen-bond donors (Lipinski definition) is 0. The smallest absolute Gasteiger partial charge is 0.222 e. The maximum absolute atomic E-state index is 10.2. The molecule has 28 heavy (non-hydrogen) atoms. The van der Waals surface area contributed by atoms with Crippen molar-refractivity contribution in [1.29, 1.82) is 5.26 Å². The van der Waals surface area contributed by atoms with Crippen molar-refractivity contribution in [2.45, 2.75) is 25.4 Å². The molecule has 1 heterocycles. The summed E-state index contributed by atoms with van der Waals surface area (Å²) < 4.78 is 6.76. The molecule has 1 saturated carbocycles. The van der Waals surface area contributed by atoms with Crippen molar-refractivity contribution in [2.24, 2.45) is 10.4 Å². The predicted molar refractivity (Wildman–Crippen MR) is 109 cm³/mol. The zero-order chi connectivity index (χ0) is 19.2. The SMILES string of the molecule is Cc1ccc(C2=Nc3ccccc3C(c3ccccc3)(C3(C#N)CC3)O2)cc1. The molecule has 0 amide bonds. The number of ether oxygens (including phenoxy) is 1. The third-order valence-corrected chi connectivity index (χ3v) is 5.87. The second kappa shape index (κ2) is 6.07. The lowest BCUT2D eigenvalue weighted by atomic mass is 9.72. The van der Waals surface area contributed by atoms with Crippen LogP contribution in [0.1, 0.15) is 35.1 Å². The first-order valence-electron chi connectivity index (χ1n) is 9.60. The Hall–Kier alpha value is -3.38. The average molecular weight is 364 g/mol. The Morgan fingerprint density at radius 1 is 0.893 bits per heavy atom. The summed E-state index contributed by atoms with van der Waals surface area (Å²) in [4.78, 5) is 4.83. The first-order valence-corrected chi connectivity index (χ1v) is 9.60. The van der Waals surface area contributed by atoms with Crippen molar-refractivity contribution in [3.05, 3.63) is 101 Å². The molecule has 1 aliphatic carbocycles. The maximum Gasteiger partial charge on any atom is 0.222 e. The van der Waals surface area contributed by atoms with Crippen LogP contribution in [-0.4, -0.2) is 5.90 Å². The van der Waals surface area contributed by atoms with Crippen molar-refractivity contribution in [2.75, 3.05) is 0 Å². The highest BCUT2D eigenvalue weighted by molar-refractivity contribution is 5.98. The summed E-state index contributed by atoms with van der Waals surface area (Å²) in [6.45, 7) is 2.06. The van der Waals surface area contributed by atoms with Gasteiger partial charge >= 0.3 is 0 Å². The van der Waals surface area contributed by atoms with E-state index in [2.05, 4.69) is 43.3 Å². The summed E-state index contributed by atoms with van der Waals surface area (Å²) in [7, 11) is 0. The molecule has 1 aliphatic heterocycles. The van der Waals surface area contributed by atoms with Crippen molar-refractivity contribution >= 4 is 11.6 Å². The van der Waals surface area contributed by atoms with Gasteiger partial charge in [-0.05, 0) is 38.0 Å². The molecule has 0 bridgehead atoms. The molecule has 136 valence electrons. The van der Waals surface area contributed by atoms with Crippen molar-refractivity contribution < 1.29 is 4.74 Å². The fourth-order valence-electron chi connectivity index (χ4n) is 4.21. The molecule has 3 aromatic carbocycles. The van der Waals surface area contributed by atoms with E-state index in [0.29, 0.717) is 5.90 Å². The molecule has 3 aromatic rings. The van der Waals surface area contributed by atoms with E-state index in [9.17, 15) is 5.26 Å². The van der Waals surface area contributed by atoms with Crippen molar-refractivity contribution in [3.8, 4) is 6.07 Å². The van der Waals surface area contributed by atoms with Crippen LogP contribution in [0.4, 0.5) is 5.69 Å². The molecular formula is C25H20N2O. The van der Waals surface area contributed by atoms with Gasteiger partial charge in [0, 0.05) is 16.7 Å². The summed E-state index contributed by atoms with van der Waals surface area (Å²) in [5.41, 5.74) is 3.50. The molecule has 1 unspecified atom stereocenters. The van der Waals surface area contributed by atoms with Gasteiger partial charge in [-0.3, -0.25) is 0 Å². The molecule has 0 spiro atoms. The molecule has 1 atom stereocenters. The first-order chi connectivity index (χ1) is 13.7. The molecule has 0 N–H and O–H groups in total. The first kappa shape index (κ1) is 16.8. The Morgan fingerprint density at radius 3 is 2.25 bits per heavy atom. The molecule has 1 fully saturated rings. The highest BCUT2D eigenvalue weighted by Crippen LogP contribution is 2.64. The highest BCUT2D eigenvalue weighted by atomic mass is 16.5. The summed E-state index contributed by atoms with van der Waals surface area (Å²) in [6.07, 6.45) is 1.63. The Labute approximate surface area is 164 Å². The van der Waals surface area contributed by atoms with E-state index >= 15 is 0 Å². The number of aryl methyl sites for hydroxylation is 1. The van der Waals surface area contributed by atoms with E-state index in [-0.39, 0.29) is 0 Å². The predicted octanol–water partition coefficient (Wildman–Crippen LogP) is 5.65. The van der Waals surface area contributed by atoms with Gasteiger partial charge in [0.2, 0.25) is 5.90 Å². The number of nitrogens with zero attached hydrogens (tertiary/aromatic N) is 2. The van der Waals surface area contributed by atoms with Gasteiger partial charge in [-0.15, -0.1) is 0 Å². The van der Waals surface area contributed by atoms with Crippen LogP contribution in [0, 0.1) is 23.7 Å². The van der Waals surface area contributed by atoms with Crippen LogP contribution in [0.2, 0.25) is 0 Å². The quantitative estimate of drug-likeness (QED) is 0.603. The van der Waals surface area contributed by atoms with Crippen LogP contribution in [-0.2, 0) is 10.3 Å². The van der Waals surface area contributed by atoms with Crippen LogP contribution in [0.5, 0.6) is 0 Å². The summed E-state index contributed by atoms with van der Waals surface area (Å²) in [5, 5.41) is 10.2. The number of rotatable bonds is 3. The zero-order valence-corrected chi connectivity index (χ0v) is 15.7. The second-order valence-corrected chi connectivity index (χ2v) is 7.64. The van der Waals surface area contributed by atoms with Gasteiger partial charge in [0.15, 0.2) is 5.60 Å². The lowest BCUT2D eigenvalue weighted by Crippen LogP contribution is -2.44. The second-order valence-electron chi connectivity index (χ2n) is 7.64. The Bertz CT molecular complexity index is 1110. The molecule has 3 nitrogen and oxygen atoms in total. The topological polar surface area (TPSA) is 45.4 Å². The van der Waals surface area contributed by atoms with Crippen LogP contribution in [0.3, 0.4) is 0 Å². The Balaban J connectivity index is 1.79. The minimum atomic E-state index is -0.860. The number of nitriles is 1. The Kier molecular flexibility index (Phi) is 3.64. The van der Waals surface area contributed by atoms with Gasteiger partial charge in [0.1, 0.15) is 5.41 Å². The minimum absolute atomic E-state index is 0.573. The van der Waals surface area contributed by atoms with E-state index in [1.807, 2.05) is 48.5 Å². The van der Waals surface area contributed by atoms with Crippen LogP contribution >= 0.6 is 0 Å². The number of benzene rings is 3. The minimum Gasteiger partial charge on any atom is -0.459 e. The third kappa shape index (κ3) is 2.31. The van der Waals surface area contributed by atoms with Gasteiger partial charge in [-0.2, -0.15) is 5.26 Å². The molecule has 0 radical (unpaired) electrons. The van der Waals surface area contributed by atoms with Gasteiger partial charge < -0.3 is 4.74 Å². The highest BCUT2D eigenvalue weighted by Gasteiger charge is 2.66. The molecule has 5 rings (SSSR count). The maximum atomic E-state index is 10.2. The van der Waals surface area contributed by atoms with Crippen LogP contribution in [0.25, 0.3) is 0 Å². The van der Waals surface area contributed by atoms with E-state index in [1.165, 1.54) is 5.56 Å². The van der Waals surface area contributed by atoms with Crippen molar-refractivity contribution in [1.82, 2.24) is 0 Å². The van der Waals surface area contributed by atoms with E-state index < -0.39 is 11.0 Å². The van der Waals surface area contributed by atoms with Gasteiger partial charge in [0.05, 0.1) is 11.8 Å².